The van der Waals surface area contributed by atoms with Gasteiger partial charge in [-0.2, -0.15) is 0 Å². The first-order valence-electron chi connectivity index (χ1n) is 12.0. The van der Waals surface area contributed by atoms with Crippen LogP contribution in [-0.2, 0) is 4.79 Å². The van der Waals surface area contributed by atoms with E-state index in [1.807, 2.05) is 62.4 Å². The fourth-order valence-electron chi connectivity index (χ4n) is 4.62. The molecule has 7 heteroatoms. The Morgan fingerprint density at radius 3 is 2.49 bits per heavy atom. The van der Waals surface area contributed by atoms with Crippen LogP contribution in [0.15, 0.2) is 42.5 Å². The highest BCUT2D eigenvalue weighted by Crippen LogP contribution is 2.41. The summed E-state index contributed by atoms with van der Waals surface area (Å²) in [5.41, 5.74) is 7.06. The number of carbonyl (C=O) groups excluding carboxylic acids is 2. The minimum Gasteiger partial charge on any atom is -0.358 e. The summed E-state index contributed by atoms with van der Waals surface area (Å²) in [4.78, 5) is 31.5. The molecular weight excluding hydrogens is 460 g/mol. The Morgan fingerprint density at radius 2 is 1.80 bits per heavy atom. The quantitative estimate of drug-likeness (QED) is 0.364. The lowest BCUT2D eigenvalue weighted by atomic mass is 9.94. The van der Waals surface area contributed by atoms with Gasteiger partial charge in [0, 0.05) is 40.8 Å². The summed E-state index contributed by atoms with van der Waals surface area (Å²) in [5.74, 6) is -0.274. The molecule has 2 aromatic carbocycles. The van der Waals surface area contributed by atoms with Crippen LogP contribution in [0.4, 0.5) is 5.69 Å². The number of nitrogens with zero attached hydrogens (tertiary/aromatic N) is 1. The number of amides is 2. The zero-order chi connectivity index (χ0) is 25.1. The number of hydrogen-bond acceptors (Lipinski definition) is 3. The number of aryl methyl sites for hydroxylation is 1. The van der Waals surface area contributed by atoms with E-state index < -0.39 is 0 Å². The molecule has 2 heterocycles. The van der Waals surface area contributed by atoms with Gasteiger partial charge in [-0.3, -0.25) is 9.59 Å². The lowest BCUT2D eigenvalue weighted by Gasteiger charge is -2.18. The van der Waals surface area contributed by atoms with Gasteiger partial charge < -0.3 is 20.5 Å². The Bertz CT molecular complexity index is 1290. The van der Waals surface area contributed by atoms with E-state index in [1.165, 1.54) is 0 Å². The van der Waals surface area contributed by atoms with Crippen LogP contribution < -0.4 is 10.6 Å². The summed E-state index contributed by atoms with van der Waals surface area (Å²) >= 11 is 6.08. The molecule has 6 nitrogen and oxygen atoms in total. The van der Waals surface area contributed by atoms with Crippen molar-refractivity contribution in [3.8, 4) is 11.1 Å². The van der Waals surface area contributed by atoms with Gasteiger partial charge in [-0.25, -0.2) is 0 Å². The highest BCUT2D eigenvalue weighted by Gasteiger charge is 2.28. The molecule has 0 radical (unpaired) electrons. The Hall–Kier alpha value is -3.35. The van der Waals surface area contributed by atoms with Gasteiger partial charge in [0.15, 0.2) is 0 Å². The van der Waals surface area contributed by atoms with Crippen molar-refractivity contribution >= 4 is 40.8 Å². The van der Waals surface area contributed by atoms with Gasteiger partial charge >= 0.3 is 0 Å². The van der Waals surface area contributed by atoms with E-state index in [0.717, 1.165) is 59.0 Å². The summed E-state index contributed by atoms with van der Waals surface area (Å²) in [7, 11) is 0. The first kappa shape index (κ1) is 24.8. The number of H-pyrrole nitrogens is 1. The molecule has 3 aromatic rings. The van der Waals surface area contributed by atoms with Gasteiger partial charge in [0.05, 0.1) is 11.1 Å². The van der Waals surface area contributed by atoms with Gasteiger partial charge in [0.1, 0.15) is 0 Å². The lowest BCUT2D eigenvalue weighted by Crippen LogP contribution is -2.35. The van der Waals surface area contributed by atoms with Crippen molar-refractivity contribution in [2.24, 2.45) is 0 Å². The van der Waals surface area contributed by atoms with Crippen molar-refractivity contribution < 1.29 is 9.59 Å². The van der Waals surface area contributed by atoms with Crippen LogP contribution in [-0.4, -0.2) is 47.9 Å². The van der Waals surface area contributed by atoms with E-state index in [2.05, 4.69) is 34.4 Å². The molecule has 2 amide bonds. The lowest BCUT2D eigenvalue weighted by molar-refractivity contribution is -0.110. The van der Waals surface area contributed by atoms with Gasteiger partial charge in [-0.15, -0.1) is 0 Å². The monoisotopic (exact) mass is 490 g/mol. The van der Waals surface area contributed by atoms with E-state index in [4.69, 9.17) is 11.6 Å². The predicted octanol–water partition coefficient (Wildman–Crippen LogP) is 5.52. The Kier molecular flexibility index (Phi) is 7.43. The third kappa shape index (κ3) is 5.04. The molecule has 0 atom stereocenters. The van der Waals surface area contributed by atoms with E-state index >= 15 is 0 Å². The fraction of sp³-hybridized carbons (Fsp3) is 0.286. The fourth-order valence-corrected chi connectivity index (χ4v) is 4.74. The number of aromatic nitrogens is 1. The summed E-state index contributed by atoms with van der Waals surface area (Å²) in [5, 5.41) is 6.67. The normalized spacial score (nSPS) is 13.9. The van der Waals surface area contributed by atoms with E-state index in [1.54, 1.807) is 0 Å². The third-order valence-corrected chi connectivity index (χ3v) is 6.83. The van der Waals surface area contributed by atoms with Crippen LogP contribution in [0.25, 0.3) is 22.8 Å². The highest BCUT2D eigenvalue weighted by molar-refractivity contribution is 6.36. The van der Waals surface area contributed by atoms with Crippen molar-refractivity contribution in [2.75, 3.05) is 31.5 Å². The number of fused-ring (bicyclic) bond motifs is 1. The van der Waals surface area contributed by atoms with Crippen molar-refractivity contribution in [3.05, 3.63) is 75.6 Å². The molecule has 0 saturated carbocycles. The second-order valence-corrected chi connectivity index (χ2v) is 9.13. The zero-order valence-electron chi connectivity index (χ0n) is 20.6. The molecule has 1 aliphatic rings. The maximum absolute atomic E-state index is 13.0. The number of hydrogen-bond donors (Lipinski definition) is 3. The number of halogens is 1. The Morgan fingerprint density at radius 1 is 1.09 bits per heavy atom. The van der Waals surface area contributed by atoms with Crippen molar-refractivity contribution in [2.45, 2.75) is 27.7 Å². The SMILES string of the molecule is CCN(CC)CCNC(=O)c1c(C)[nH]c(/C=C2\C(=O)Nc3cccc(-c4ccc(Cl)cc4)c32)c1C. The van der Waals surface area contributed by atoms with Gasteiger partial charge in [-0.05, 0) is 67.9 Å². The number of nitrogens with one attached hydrogen (secondary N) is 3. The van der Waals surface area contributed by atoms with Crippen LogP contribution in [0.1, 0.15) is 46.7 Å². The molecule has 0 aliphatic carbocycles. The van der Waals surface area contributed by atoms with Crippen molar-refractivity contribution in [1.82, 2.24) is 15.2 Å². The molecule has 0 unspecified atom stereocenters. The maximum Gasteiger partial charge on any atom is 0.256 e. The molecule has 1 aromatic heterocycles. The second kappa shape index (κ2) is 10.5. The topological polar surface area (TPSA) is 77.2 Å². The van der Waals surface area contributed by atoms with E-state index in [9.17, 15) is 9.59 Å². The minimum absolute atomic E-state index is 0.105. The molecule has 182 valence electrons. The van der Waals surface area contributed by atoms with Crippen LogP contribution >= 0.6 is 11.6 Å². The van der Waals surface area contributed by atoms with Gasteiger partial charge in [0.25, 0.3) is 11.8 Å². The summed E-state index contributed by atoms with van der Waals surface area (Å²) in [6.45, 7) is 11.3. The van der Waals surface area contributed by atoms with Crippen LogP contribution in [0, 0.1) is 13.8 Å². The van der Waals surface area contributed by atoms with Gasteiger partial charge in [0.2, 0.25) is 0 Å². The van der Waals surface area contributed by atoms with Gasteiger partial charge in [-0.1, -0.05) is 49.7 Å². The maximum atomic E-state index is 13.0. The number of benzene rings is 2. The first-order valence-corrected chi connectivity index (χ1v) is 12.3. The molecule has 0 fully saturated rings. The number of anilines is 1. The number of carbonyl (C=O) groups is 2. The van der Waals surface area contributed by atoms with Crippen molar-refractivity contribution in [1.29, 1.82) is 0 Å². The highest BCUT2D eigenvalue weighted by atomic mass is 35.5. The number of aromatic amines is 1. The van der Waals surface area contributed by atoms with Crippen LogP contribution in [0.2, 0.25) is 5.02 Å². The average Bonchev–Trinajstić information content (AvgIpc) is 3.31. The molecule has 35 heavy (non-hydrogen) atoms. The molecule has 4 rings (SSSR count). The number of rotatable bonds is 8. The van der Waals surface area contributed by atoms with E-state index in [0.29, 0.717) is 22.7 Å². The molecule has 0 bridgehead atoms. The largest absolute Gasteiger partial charge is 0.358 e. The predicted molar refractivity (Wildman–Crippen MR) is 144 cm³/mol. The van der Waals surface area contributed by atoms with Crippen molar-refractivity contribution in [3.63, 3.8) is 0 Å². The zero-order valence-corrected chi connectivity index (χ0v) is 21.3. The molecule has 0 saturated heterocycles. The van der Waals surface area contributed by atoms with Crippen LogP contribution in [0.3, 0.4) is 0 Å². The molecule has 1 aliphatic heterocycles. The standard InChI is InChI=1S/C28H31ClN4O2/c1-5-33(6-2)15-14-30-28(35)25-17(3)24(31-18(25)4)16-22-26-21(19-10-12-20(29)13-11-19)8-7-9-23(26)32-27(22)34/h7-13,16,31H,5-6,14-15H2,1-4H3,(H,30,35)(H,32,34)/b22-16-. The smallest absolute Gasteiger partial charge is 0.256 e. The minimum atomic E-state index is -0.168. The Balaban J connectivity index is 1.66. The summed E-state index contributed by atoms with van der Waals surface area (Å²) < 4.78 is 0. The molecule has 0 spiro atoms. The Labute approximate surface area is 211 Å². The summed E-state index contributed by atoms with van der Waals surface area (Å²) in [6.07, 6.45) is 1.84. The average molecular weight is 491 g/mol. The first-order chi connectivity index (χ1) is 16.8. The third-order valence-electron chi connectivity index (χ3n) is 6.58. The van der Waals surface area contributed by atoms with E-state index in [-0.39, 0.29) is 11.8 Å². The summed E-state index contributed by atoms with van der Waals surface area (Å²) in [6, 6.07) is 13.4. The van der Waals surface area contributed by atoms with Crippen LogP contribution in [0.5, 0.6) is 0 Å². The molecular formula is C28H31ClN4O2. The second-order valence-electron chi connectivity index (χ2n) is 8.69. The number of likely N-dealkylation sites (N-methyl/N-ethyl adjacent to an activating group) is 1. The molecule has 3 N–H and O–H groups in total.